The molecule has 0 aromatic heterocycles. The molecule has 140 valence electrons. The lowest BCUT2D eigenvalue weighted by Crippen LogP contribution is -2.39. The van der Waals surface area contributed by atoms with Crippen molar-refractivity contribution in [2.75, 3.05) is 0 Å². The maximum absolute atomic E-state index is 13.3. The number of thioether (sulfide) groups is 1. The molecule has 2 nitrogen and oxygen atoms in total. The zero-order chi connectivity index (χ0) is 19.5. The lowest BCUT2D eigenvalue weighted by atomic mass is 10.1. The molecule has 0 bridgehead atoms. The molecule has 0 heterocycles. The van der Waals surface area contributed by atoms with E-state index >= 15 is 0 Å². The van der Waals surface area contributed by atoms with E-state index in [0.29, 0.717) is 11.1 Å². The molecule has 0 saturated carbocycles. The Bertz CT molecular complexity index is 791. The fraction of sp³-hybridized carbons (Fsp3) is 0.278. The van der Waals surface area contributed by atoms with Crippen molar-refractivity contribution in [3.63, 3.8) is 0 Å². The van der Waals surface area contributed by atoms with E-state index in [9.17, 15) is 22.4 Å². The molecule has 0 aliphatic carbocycles. The monoisotopic (exact) mass is 405 g/mol. The van der Waals surface area contributed by atoms with E-state index in [1.54, 1.807) is 38.1 Å². The Labute approximate surface area is 157 Å². The number of benzene rings is 2. The summed E-state index contributed by atoms with van der Waals surface area (Å²) < 4.78 is 50.7. The second-order valence-corrected chi connectivity index (χ2v) is 8.19. The molecule has 26 heavy (non-hydrogen) atoms. The Balaban J connectivity index is 2.04. The van der Waals surface area contributed by atoms with Gasteiger partial charge in [-0.1, -0.05) is 17.7 Å². The van der Waals surface area contributed by atoms with Crippen LogP contribution in [-0.4, -0.2) is 10.7 Å². The highest BCUT2D eigenvalue weighted by atomic mass is 35.5. The Kier molecular flexibility index (Phi) is 6.24. The standard InChI is InChI=1S/C18H16ClF4NOS/c1-17(2,26-13-6-4-12(19)5-7-13)16(25)24-10-11-3-8-15(20)14(9-11)18(21,22)23/h3-9H,10H2,1-2H3,(H,24,25). The fourth-order valence-corrected chi connectivity index (χ4v) is 3.29. The fourth-order valence-electron chi connectivity index (χ4n) is 2.14. The summed E-state index contributed by atoms with van der Waals surface area (Å²) in [6.07, 6.45) is -4.78. The predicted molar refractivity (Wildman–Crippen MR) is 94.6 cm³/mol. The van der Waals surface area contributed by atoms with Gasteiger partial charge in [0.25, 0.3) is 0 Å². The van der Waals surface area contributed by atoms with E-state index in [1.807, 2.05) is 0 Å². The van der Waals surface area contributed by atoms with Gasteiger partial charge in [-0.25, -0.2) is 4.39 Å². The zero-order valence-corrected chi connectivity index (χ0v) is 15.5. The van der Waals surface area contributed by atoms with Crippen LogP contribution < -0.4 is 5.32 Å². The van der Waals surface area contributed by atoms with E-state index in [0.717, 1.165) is 11.0 Å². The lowest BCUT2D eigenvalue weighted by Gasteiger charge is -2.23. The number of rotatable bonds is 5. The molecule has 0 aliphatic heterocycles. The van der Waals surface area contributed by atoms with Crippen LogP contribution in [0.25, 0.3) is 0 Å². The smallest absolute Gasteiger partial charge is 0.351 e. The zero-order valence-electron chi connectivity index (χ0n) is 14.0. The summed E-state index contributed by atoms with van der Waals surface area (Å²) in [5.41, 5.74) is -1.18. The average molecular weight is 406 g/mol. The highest BCUT2D eigenvalue weighted by Gasteiger charge is 2.34. The quantitative estimate of drug-likeness (QED) is 0.511. The van der Waals surface area contributed by atoms with Gasteiger partial charge in [-0.15, -0.1) is 11.8 Å². The first-order chi connectivity index (χ1) is 12.0. The Morgan fingerprint density at radius 1 is 1.12 bits per heavy atom. The van der Waals surface area contributed by atoms with Crippen molar-refractivity contribution in [1.29, 1.82) is 0 Å². The van der Waals surface area contributed by atoms with E-state index < -0.39 is 22.3 Å². The van der Waals surface area contributed by atoms with Crippen molar-refractivity contribution in [3.05, 3.63) is 64.4 Å². The van der Waals surface area contributed by atoms with Crippen molar-refractivity contribution < 1.29 is 22.4 Å². The van der Waals surface area contributed by atoms with Crippen LogP contribution in [0.5, 0.6) is 0 Å². The van der Waals surface area contributed by atoms with Gasteiger partial charge in [0.2, 0.25) is 5.91 Å². The minimum atomic E-state index is -4.78. The van der Waals surface area contributed by atoms with E-state index in [-0.39, 0.29) is 18.0 Å². The summed E-state index contributed by atoms with van der Waals surface area (Å²) in [5, 5.41) is 3.17. The highest BCUT2D eigenvalue weighted by molar-refractivity contribution is 8.01. The van der Waals surface area contributed by atoms with Gasteiger partial charge in [0, 0.05) is 16.5 Å². The summed E-state index contributed by atoms with van der Waals surface area (Å²) in [5.74, 6) is -1.69. The van der Waals surface area contributed by atoms with E-state index in [1.165, 1.54) is 17.8 Å². The summed E-state index contributed by atoms with van der Waals surface area (Å²) >= 11 is 7.12. The van der Waals surface area contributed by atoms with Gasteiger partial charge >= 0.3 is 6.18 Å². The minimum Gasteiger partial charge on any atom is -0.351 e. The molecule has 0 radical (unpaired) electrons. The van der Waals surface area contributed by atoms with Gasteiger partial charge in [0.15, 0.2) is 0 Å². The number of nitrogens with one attached hydrogen (secondary N) is 1. The molecule has 0 atom stereocenters. The van der Waals surface area contributed by atoms with Gasteiger partial charge in [0.1, 0.15) is 5.82 Å². The SMILES string of the molecule is CC(C)(Sc1ccc(Cl)cc1)C(=O)NCc1ccc(F)c(C(F)(F)F)c1. The maximum Gasteiger partial charge on any atom is 0.419 e. The van der Waals surface area contributed by atoms with Crippen molar-refractivity contribution in [2.24, 2.45) is 0 Å². The summed E-state index contributed by atoms with van der Waals surface area (Å²) in [4.78, 5) is 13.2. The normalized spacial score (nSPS) is 12.1. The Hall–Kier alpha value is -1.73. The predicted octanol–water partition coefficient (Wildman–Crippen LogP) is 5.69. The molecule has 0 unspecified atom stereocenters. The summed E-state index contributed by atoms with van der Waals surface area (Å²) in [7, 11) is 0. The second-order valence-electron chi connectivity index (χ2n) is 6.06. The molecular weight excluding hydrogens is 390 g/mol. The Morgan fingerprint density at radius 2 is 1.73 bits per heavy atom. The maximum atomic E-state index is 13.3. The minimum absolute atomic E-state index is 0.132. The number of hydrogen-bond donors (Lipinski definition) is 1. The molecule has 0 spiro atoms. The molecule has 0 fully saturated rings. The van der Waals surface area contributed by atoms with Crippen molar-refractivity contribution in [1.82, 2.24) is 5.32 Å². The summed E-state index contributed by atoms with van der Waals surface area (Å²) in [6.45, 7) is 3.27. The molecule has 2 aromatic carbocycles. The van der Waals surface area contributed by atoms with Gasteiger partial charge in [-0.3, -0.25) is 4.79 Å². The first-order valence-corrected chi connectivity index (χ1v) is 8.77. The first kappa shape index (κ1) is 20.6. The summed E-state index contributed by atoms with van der Waals surface area (Å²) in [6, 6.07) is 9.62. The van der Waals surface area contributed by atoms with Crippen molar-refractivity contribution in [2.45, 2.75) is 36.2 Å². The molecule has 1 amide bonds. The highest BCUT2D eigenvalue weighted by Crippen LogP contribution is 2.34. The van der Waals surface area contributed by atoms with Crippen LogP contribution in [0.3, 0.4) is 0 Å². The van der Waals surface area contributed by atoms with Crippen LogP contribution in [0.2, 0.25) is 5.02 Å². The third-order valence-corrected chi connectivity index (χ3v) is 4.98. The van der Waals surface area contributed by atoms with Crippen molar-refractivity contribution >= 4 is 29.3 Å². The van der Waals surface area contributed by atoms with Crippen LogP contribution in [-0.2, 0) is 17.5 Å². The van der Waals surface area contributed by atoms with Crippen LogP contribution >= 0.6 is 23.4 Å². The average Bonchev–Trinajstić information content (AvgIpc) is 2.54. The number of alkyl halides is 3. The van der Waals surface area contributed by atoms with E-state index in [2.05, 4.69) is 5.32 Å². The van der Waals surface area contributed by atoms with Crippen molar-refractivity contribution in [3.8, 4) is 0 Å². The number of hydrogen-bond acceptors (Lipinski definition) is 2. The van der Waals surface area contributed by atoms with Gasteiger partial charge in [-0.2, -0.15) is 13.2 Å². The van der Waals surface area contributed by atoms with E-state index in [4.69, 9.17) is 11.6 Å². The lowest BCUT2D eigenvalue weighted by molar-refractivity contribution is -0.140. The topological polar surface area (TPSA) is 29.1 Å². The number of amides is 1. The Morgan fingerprint density at radius 3 is 2.31 bits per heavy atom. The molecular formula is C18H16ClF4NOS. The molecule has 1 N–H and O–H groups in total. The first-order valence-electron chi connectivity index (χ1n) is 7.57. The largest absolute Gasteiger partial charge is 0.419 e. The van der Waals surface area contributed by atoms with Crippen LogP contribution in [0.1, 0.15) is 25.0 Å². The number of carbonyl (C=O) groups excluding carboxylic acids is 1. The molecule has 0 saturated heterocycles. The molecule has 0 aliphatic rings. The second kappa shape index (κ2) is 7.88. The number of carbonyl (C=O) groups is 1. The van der Waals surface area contributed by atoms with Gasteiger partial charge < -0.3 is 5.32 Å². The van der Waals surface area contributed by atoms with Gasteiger partial charge in [-0.05, 0) is 55.8 Å². The number of halogens is 5. The van der Waals surface area contributed by atoms with Crippen LogP contribution in [0.15, 0.2) is 47.4 Å². The third-order valence-electron chi connectivity index (χ3n) is 3.52. The molecule has 8 heteroatoms. The molecule has 2 rings (SSSR count). The third kappa shape index (κ3) is 5.38. The molecule has 2 aromatic rings. The van der Waals surface area contributed by atoms with Crippen LogP contribution in [0.4, 0.5) is 17.6 Å². The van der Waals surface area contributed by atoms with Crippen LogP contribution in [0, 0.1) is 5.82 Å². The van der Waals surface area contributed by atoms with Gasteiger partial charge in [0.05, 0.1) is 10.3 Å².